The van der Waals surface area contributed by atoms with Crippen molar-refractivity contribution < 1.29 is 13.2 Å². The molecule has 0 aromatic heterocycles. The van der Waals surface area contributed by atoms with E-state index in [2.05, 4.69) is 5.32 Å². The summed E-state index contributed by atoms with van der Waals surface area (Å²) in [5, 5.41) is 3.15. The maximum absolute atomic E-state index is 14.0. The van der Waals surface area contributed by atoms with Gasteiger partial charge in [0.25, 0.3) is 0 Å². The van der Waals surface area contributed by atoms with Crippen LogP contribution >= 0.6 is 11.8 Å². The van der Waals surface area contributed by atoms with E-state index >= 15 is 0 Å². The number of hydrogen-bond acceptors (Lipinski definition) is 2. The van der Waals surface area contributed by atoms with Gasteiger partial charge in [0.05, 0.1) is 0 Å². The van der Waals surface area contributed by atoms with E-state index in [9.17, 15) is 13.2 Å². The Hall–Kier alpha value is -1.46. The molecule has 112 valence electrons. The Kier molecular flexibility index (Phi) is 5.31. The highest BCUT2D eigenvalue weighted by Crippen LogP contribution is 2.33. The van der Waals surface area contributed by atoms with Gasteiger partial charge in [-0.25, -0.2) is 13.2 Å². The lowest BCUT2D eigenvalue weighted by atomic mass is 10.2. The number of rotatable bonds is 5. The highest BCUT2D eigenvalue weighted by Gasteiger charge is 2.12. The minimum atomic E-state index is -0.646. The second-order valence-electron chi connectivity index (χ2n) is 4.93. The van der Waals surface area contributed by atoms with E-state index in [0.29, 0.717) is 17.0 Å². The molecule has 1 nitrogen and oxygen atoms in total. The van der Waals surface area contributed by atoms with Crippen LogP contribution in [0.2, 0.25) is 0 Å². The standard InChI is InChI=1S/C16H16F3NS/c1-10(2)20-9-12-13(18)4-3-5-15(12)21-16-7-6-11(17)8-14(16)19/h3-8,10,20H,9H2,1-2H3. The van der Waals surface area contributed by atoms with E-state index in [1.54, 1.807) is 12.1 Å². The Bertz CT molecular complexity index is 629. The summed E-state index contributed by atoms with van der Waals surface area (Å²) in [5.74, 6) is -1.61. The van der Waals surface area contributed by atoms with Crippen LogP contribution in [0.3, 0.4) is 0 Å². The fourth-order valence-electron chi connectivity index (χ4n) is 1.79. The third-order valence-electron chi connectivity index (χ3n) is 2.88. The summed E-state index contributed by atoms with van der Waals surface area (Å²) < 4.78 is 40.6. The van der Waals surface area contributed by atoms with Crippen molar-refractivity contribution in [2.24, 2.45) is 0 Å². The van der Waals surface area contributed by atoms with Gasteiger partial charge in [-0.15, -0.1) is 0 Å². The fraction of sp³-hybridized carbons (Fsp3) is 0.250. The molecule has 0 saturated carbocycles. The fourth-order valence-corrected chi connectivity index (χ4v) is 2.76. The molecule has 0 aliphatic rings. The molecule has 0 unspecified atom stereocenters. The van der Waals surface area contributed by atoms with Gasteiger partial charge in [-0.1, -0.05) is 31.7 Å². The van der Waals surface area contributed by atoms with Gasteiger partial charge in [-0.3, -0.25) is 0 Å². The zero-order valence-corrected chi connectivity index (χ0v) is 12.6. The monoisotopic (exact) mass is 311 g/mol. The molecule has 0 spiro atoms. The van der Waals surface area contributed by atoms with Crippen LogP contribution in [0.15, 0.2) is 46.2 Å². The van der Waals surface area contributed by atoms with Gasteiger partial charge < -0.3 is 5.32 Å². The first-order valence-corrected chi connectivity index (χ1v) is 7.42. The second kappa shape index (κ2) is 7.00. The average Bonchev–Trinajstić information content (AvgIpc) is 2.41. The van der Waals surface area contributed by atoms with Crippen molar-refractivity contribution in [3.8, 4) is 0 Å². The Balaban J connectivity index is 2.28. The van der Waals surface area contributed by atoms with Crippen LogP contribution < -0.4 is 5.32 Å². The van der Waals surface area contributed by atoms with Gasteiger partial charge in [-0.05, 0) is 24.3 Å². The molecule has 0 bridgehead atoms. The van der Waals surface area contributed by atoms with Crippen molar-refractivity contribution >= 4 is 11.8 Å². The first-order valence-electron chi connectivity index (χ1n) is 6.61. The lowest BCUT2D eigenvalue weighted by Gasteiger charge is -2.13. The van der Waals surface area contributed by atoms with Crippen LogP contribution in [0.5, 0.6) is 0 Å². The highest BCUT2D eigenvalue weighted by atomic mass is 32.2. The van der Waals surface area contributed by atoms with Gasteiger partial charge in [0, 0.05) is 34.0 Å². The molecule has 1 N–H and O–H groups in total. The van der Waals surface area contributed by atoms with Crippen LogP contribution in [-0.4, -0.2) is 6.04 Å². The highest BCUT2D eigenvalue weighted by molar-refractivity contribution is 7.99. The molecule has 21 heavy (non-hydrogen) atoms. The van der Waals surface area contributed by atoms with E-state index in [1.807, 2.05) is 13.8 Å². The third kappa shape index (κ3) is 4.25. The largest absolute Gasteiger partial charge is 0.310 e. The summed E-state index contributed by atoms with van der Waals surface area (Å²) in [5.41, 5.74) is 0.486. The first kappa shape index (κ1) is 15.9. The summed E-state index contributed by atoms with van der Waals surface area (Å²) >= 11 is 1.09. The summed E-state index contributed by atoms with van der Waals surface area (Å²) in [6.07, 6.45) is 0. The van der Waals surface area contributed by atoms with Gasteiger partial charge in [-0.2, -0.15) is 0 Å². The minimum Gasteiger partial charge on any atom is -0.310 e. The zero-order valence-electron chi connectivity index (χ0n) is 11.8. The topological polar surface area (TPSA) is 12.0 Å². The van der Waals surface area contributed by atoms with Gasteiger partial charge in [0.15, 0.2) is 0 Å². The average molecular weight is 311 g/mol. The van der Waals surface area contributed by atoms with E-state index < -0.39 is 11.6 Å². The molecule has 0 atom stereocenters. The molecular weight excluding hydrogens is 295 g/mol. The Morgan fingerprint density at radius 3 is 2.43 bits per heavy atom. The molecule has 0 saturated heterocycles. The molecule has 2 rings (SSSR count). The van der Waals surface area contributed by atoms with Crippen molar-refractivity contribution in [3.05, 3.63) is 59.4 Å². The maximum atomic E-state index is 14.0. The SMILES string of the molecule is CC(C)NCc1c(F)cccc1Sc1ccc(F)cc1F. The van der Waals surface area contributed by atoms with Crippen molar-refractivity contribution in [2.75, 3.05) is 0 Å². The number of halogens is 3. The number of hydrogen-bond donors (Lipinski definition) is 1. The number of benzene rings is 2. The third-order valence-corrected chi connectivity index (χ3v) is 4.03. The molecule has 0 aliphatic carbocycles. The van der Waals surface area contributed by atoms with Crippen LogP contribution in [0, 0.1) is 17.5 Å². The van der Waals surface area contributed by atoms with E-state index in [-0.39, 0.29) is 16.8 Å². The molecular formula is C16H16F3NS. The Morgan fingerprint density at radius 1 is 1.00 bits per heavy atom. The van der Waals surface area contributed by atoms with Gasteiger partial charge in [0.2, 0.25) is 0 Å². The lowest BCUT2D eigenvalue weighted by Crippen LogP contribution is -2.22. The van der Waals surface area contributed by atoms with E-state index in [0.717, 1.165) is 17.8 Å². The van der Waals surface area contributed by atoms with E-state index in [4.69, 9.17) is 0 Å². The summed E-state index contributed by atoms with van der Waals surface area (Å²) in [6.45, 7) is 4.29. The number of nitrogens with one attached hydrogen (secondary N) is 1. The zero-order chi connectivity index (χ0) is 15.4. The van der Waals surface area contributed by atoms with Crippen molar-refractivity contribution in [1.82, 2.24) is 5.32 Å². The minimum absolute atomic E-state index is 0.213. The Morgan fingerprint density at radius 2 is 1.76 bits per heavy atom. The van der Waals surface area contributed by atoms with E-state index in [1.165, 1.54) is 18.2 Å². The summed E-state index contributed by atoms with van der Waals surface area (Å²) in [4.78, 5) is 0.890. The van der Waals surface area contributed by atoms with Crippen molar-refractivity contribution in [1.29, 1.82) is 0 Å². The lowest BCUT2D eigenvalue weighted by molar-refractivity contribution is 0.546. The maximum Gasteiger partial charge on any atom is 0.140 e. The van der Waals surface area contributed by atoms with Gasteiger partial charge >= 0.3 is 0 Å². The van der Waals surface area contributed by atoms with Crippen molar-refractivity contribution in [2.45, 2.75) is 36.2 Å². The van der Waals surface area contributed by atoms with Crippen molar-refractivity contribution in [3.63, 3.8) is 0 Å². The summed E-state index contributed by atoms with van der Waals surface area (Å²) in [6, 6.07) is 8.28. The molecule has 0 fully saturated rings. The second-order valence-corrected chi connectivity index (χ2v) is 6.01. The quantitative estimate of drug-likeness (QED) is 0.855. The predicted octanol–water partition coefficient (Wildman–Crippen LogP) is 4.75. The molecule has 2 aromatic rings. The molecule has 0 aliphatic heterocycles. The Labute approximate surface area is 126 Å². The summed E-state index contributed by atoms with van der Waals surface area (Å²) in [7, 11) is 0. The van der Waals surface area contributed by atoms with Crippen LogP contribution in [0.25, 0.3) is 0 Å². The van der Waals surface area contributed by atoms with Crippen LogP contribution in [0.1, 0.15) is 19.4 Å². The molecule has 0 amide bonds. The molecule has 2 aromatic carbocycles. The smallest absolute Gasteiger partial charge is 0.140 e. The molecule has 0 radical (unpaired) electrons. The normalized spacial score (nSPS) is 11.1. The molecule has 5 heteroatoms. The van der Waals surface area contributed by atoms with Crippen LogP contribution in [-0.2, 0) is 6.54 Å². The molecule has 0 heterocycles. The first-order chi connectivity index (χ1) is 9.97. The van der Waals surface area contributed by atoms with Crippen LogP contribution in [0.4, 0.5) is 13.2 Å². The predicted molar refractivity (Wildman–Crippen MR) is 78.9 cm³/mol. The van der Waals surface area contributed by atoms with Gasteiger partial charge in [0.1, 0.15) is 17.5 Å².